The lowest BCUT2D eigenvalue weighted by Crippen LogP contribution is -2.55. The molecule has 2 fully saturated rings. The first-order valence-corrected chi connectivity index (χ1v) is 8.22. The summed E-state index contributed by atoms with van der Waals surface area (Å²) in [6, 6.07) is 3.07. The summed E-state index contributed by atoms with van der Waals surface area (Å²) < 4.78 is 15.7. The lowest BCUT2D eigenvalue weighted by molar-refractivity contribution is -0.149. The molecule has 1 aliphatic heterocycles. The number of methoxy groups -OCH3 is 3. The molecule has 1 amide bonds. The number of carbonyl (C=O) groups is 2. The quantitative estimate of drug-likeness (QED) is 0.746. The highest BCUT2D eigenvalue weighted by molar-refractivity contribution is 5.98. The number of hydrogen-bond acceptors (Lipinski definition) is 5. The van der Waals surface area contributed by atoms with Crippen molar-refractivity contribution in [2.45, 2.75) is 31.7 Å². The second kappa shape index (κ2) is 6.71. The van der Waals surface area contributed by atoms with E-state index in [4.69, 9.17) is 14.2 Å². The fraction of sp³-hybridized carbons (Fsp3) is 0.556. The van der Waals surface area contributed by atoms with Gasteiger partial charge in [-0.1, -0.05) is 0 Å². The van der Waals surface area contributed by atoms with E-state index >= 15 is 0 Å². The van der Waals surface area contributed by atoms with E-state index in [0.29, 0.717) is 35.9 Å². The maximum absolute atomic E-state index is 12.8. The molecule has 6 nitrogen and oxygen atoms in total. The third kappa shape index (κ3) is 3.05. The Bertz CT molecular complexity index is 653. The molecular formula is C18H23NO5. The number of benzene rings is 1. The van der Waals surface area contributed by atoms with Crippen molar-refractivity contribution in [3.05, 3.63) is 23.3 Å². The molecule has 1 aromatic rings. The molecule has 0 aromatic heterocycles. The molecule has 130 valence electrons. The van der Waals surface area contributed by atoms with Crippen LogP contribution in [-0.4, -0.2) is 50.7 Å². The number of amides is 1. The molecule has 1 aliphatic carbocycles. The number of esters is 1. The summed E-state index contributed by atoms with van der Waals surface area (Å²) in [6.07, 6.45) is 3.93. The Balaban J connectivity index is 1.89. The van der Waals surface area contributed by atoms with E-state index in [-0.39, 0.29) is 11.9 Å². The van der Waals surface area contributed by atoms with Crippen molar-refractivity contribution in [3.8, 4) is 11.5 Å². The molecule has 6 heteroatoms. The highest BCUT2D eigenvalue weighted by Crippen LogP contribution is 2.40. The average Bonchev–Trinajstić information content (AvgIpc) is 3.36. The van der Waals surface area contributed by atoms with E-state index in [9.17, 15) is 9.59 Å². The molecule has 0 unspecified atom stereocenters. The van der Waals surface area contributed by atoms with Gasteiger partial charge in [-0.3, -0.25) is 4.79 Å². The fourth-order valence-electron chi connectivity index (χ4n) is 3.13. The van der Waals surface area contributed by atoms with Gasteiger partial charge in [0.15, 0.2) is 11.5 Å². The number of likely N-dealkylation sites (tertiary alicyclic amines) is 1. The number of hydrogen-bond donors (Lipinski definition) is 0. The van der Waals surface area contributed by atoms with Crippen LogP contribution < -0.4 is 9.47 Å². The van der Waals surface area contributed by atoms with Crippen LogP contribution in [0.2, 0.25) is 0 Å². The first-order chi connectivity index (χ1) is 11.6. The van der Waals surface area contributed by atoms with E-state index < -0.39 is 6.04 Å². The van der Waals surface area contributed by atoms with Crippen molar-refractivity contribution in [2.75, 3.05) is 27.9 Å². The molecule has 1 saturated carbocycles. The van der Waals surface area contributed by atoms with Gasteiger partial charge in [-0.15, -0.1) is 0 Å². The molecule has 0 bridgehead atoms. The normalized spacial score (nSPS) is 19.5. The van der Waals surface area contributed by atoms with Gasteiger partial charge < -0.3 is 19.1 Å². The van der Waals surface area contributed by atoms with Crippen LogP contribution in [0.5, 0.6) is 11.5 Å². The summed E-state index contributed by atoms with van der Waals surface area (Å²) in [7, 11) is 4.51. The minimum atomic E-state index is -0.484. The van der Waals surface area contributed by atoms with Crippen molar-refractivity contribution in [3.63, 3.8) is 0 Å². The van der Waals surface area contributed by atoms with E-state index in [2.05, 4.69) is 0 Å². The summed E-state index contributed by atoms with van der Waals surface area (Å²) in [5.74, 6) is 1.35. The number of rotatable bonds is 6. The molecule has 0 spiro atoms. The molecule has 3 rings (SSSR count). The van der Waals surface area contributed by atoms with Gasteiger partial charge in [0.05, 0.1) is 21.3 Å². The summed E-state index contributed by atoms with van der Waals surface area (Å²) in [5, 5.41) is 0. The lowest BCUT2D eigenvalue weighted by atomic mass is 9.98. The van der Waals surface area contributed by atoms with Crippen LogP contribution in [0, 0.1) is 5.92 Å². The minimum Gasteiger partial charge on any atom is -0.493 e. The van der Waals surface area contributed by atoms with Crippen molar-refractivity contribution in [1.82, 2.24) is 4.90 Å². The number of carbonyl (C=O) groups excluding carboxylic acids is 2. The van der Waals surface area contributed by atoms with Crippen LogP contribution in [0.1, 0.15) is 35.2 Å². The summed E-state index contributed by atoms with van der Waals surface area (Å²) in [4.78, 5) is 26.1. The van der Waals surface area contributed by atoms with Gasteiger partial charge in [0.25, 0.3) is 5.91 Å². The zero-order chi connectivity index (χ0) is 17.3. The maximum atomic E-state index is 12.8. The van der Waals surface area contributed by atoms with Crippen molar-refractivity contribution >= 4 is 11.9 Å². The predicted octanol–water partition coefficient (Wildman–Crippen LogP) is 2.04. The Hall–Kier alpha value is -2.24. The average molecular weight is 333 g/mol. The standard InChI is InChI=1S/C18H23NO5/c1-22-15-10-13(9-12(16(15)23-2)8-11-4-5-11)17(20)19-7-6-14(19)18(21)24-3/h9-11,14H,4-8H2,1-3H3/t14-/m1/s1. The van der Waals surface area contributed by atoms with Gasteiger partial charge in [-0.05, 0) is 49.3 Å². The Labute approximate surface area is 141 Å². The monoisotopic (exact) mass is 333 g/mol. The Morgan fingerprint density at radius 2 is 1.88 bits per heavy atom. The highest BCUT2D eigenvalue weighted by Gasteiger charge is 2.39. The maximum Gasteiger partial charge on any atom is 0.328 e. The summed E-state index contributed by atoms with van der Waals surface area (Å²) in [6.45, 7) is 0.560. The molecule has 24 heavy (non-hydrogen) atoms. The molecule has 1 heterocycles. The van der Waals surface area contributed by atoms with Crippen molar-refractivity contribution < 1.29 is 23.8 Å². The van der Waals surface area contributed by atoms with E-state index in [0.717, 1.165) is 12.0 Å². The van der Waals surface area contributed by atoms with Crippen LogP contribution in [0.15, 0.2) is 12.1 Å². The topological polar surface area (TPSA) is 65.1 Å². The van der Waals surface area contributed by atoms with E-state index in [1.807, 2.05) is 6.07 Å². The zero-order valence-electron chi connectivity index (χ0n) is 14.3. The van der Waals surface area contributed by atoms with Gasteiger partial charge in [-0.25, -0.2) is 4.79 Å². The number of ether oxygens (including phenoxy) is 3. The summed E-state index contributed by atoms with van der Waals surface area (Å²) >= 11 is 0. The van der Waals surface area contributed by atoms with Gasteiger partial charge >= 0.3 is 5.97 Å². The Morgan fingerprint density at radius 3 is 2.38 bits per heavy atom. The van der Waals surface area contributed by atoms with Gasteiger partial charge in [-0.2, -0.15) is 0 Å². The van der Waals surface area contributed by atoms with E-state index in [1.165, 1.54) is 20.0 Å². The highest BCUT2D eigenvalue weighted by atomic mass is 16.5. The number of nitrogens with zero attached hydrogens (tertiary/aromatic N) is 1. The molecule has 1 aromatic carbocycles. The Kier molecular flexibility index (Phi) is 4.64. The molecule has 1 saturated heterocycles. The van der Waals surface area contributed by atoms with Crippen LogP contribution in [-0.2, 0) is 16.0 Å². The van der Waals surface area contributed by atoms with Crippen LogP contribution in [0.3, 0.4) is 0 Å². The second-order valence-electron chi connectivity index (χ2n) is 6.34. The van der Waals surface area contributed by atoms with Gasteiger partial charge in [0.2, 0.25) is 0 Å². The van der Waals surface area contributed by atoms with Gasteiger partial charge in [0, 0.05) is 12.1 Å². The van der Waals surface area contributed by atoms with Crippen molar-refractivity contribution in [1.29, 1.82) is 0 Å². The smallest absolute Gasteiger partial charge is 0.328 e. The first-order valence-electron chi connectivity index (χ1n) is 8.22. The molecular weight excluding hydrogens is 310 g/mol. The Morgan fingerprint density at radius 1 is 1.12 bits per heavy atom. The third-order valence-electron chi connectivity index (χ3n) is 4.76. The predicted molar refractivity (Wildman–Crippen MR) is 87.4 cm³/mol. The van der Waals surface area contributed by atoms with Crippen LogP contribution >= 0.6 is 0 Å². The van der Waals surface area contributed by atoms with E-state index in [1.54, 1.807) is 25.2 Å². The van der Waals surface area contributed by atoms with Gasteiger partial charge in [0.1, 0.15) is 6.04 Å². The third-order valence-corrected chi connectivity index (χ3v) is 4.76. The molecule has 2 aliphatic rings. The van der Waals surface area contributed by atoms with Crippen LogP contribution in [0.25, 0.3) is 0 Å². The first kappa shape index (κ1) is 16.6. The SMILES string of the molecule is COC(=O)[C@H]1CCN1C(=O)c1cc(CC2CC2)c(OC)c(OC)c1. The molecule has 0 radical (unpaired) electrons. The summed E-state index contributed by atoms with van der Waals surface area (Å²) in [5.41, 5.74) is 1.51. The van der Waals surface area contributed by atoms with Crippen LogP contribution in [0.4, 0.5) is 0 Å². The lowest BCUT2D eigenvalue weighted by Gasteiger charge is -2.38. The second-order valence-corrected chi connectivity index (χ2v) is 6.34. The largest absolute Gasteiger partial charge is 0.493 e. The van der Waals surface area contributed by atoms with Crippen molar-refractivity contribution in [2.24, 2.45) is 5.92 Å². The molecule has 1 atom stereocenters. The zero-order valence-corrected chi connectivity index (χ0v) is 14.3. The minimum absolute atomic E-state index is 0.172. The molecule has 0 N–H and O–H groups in total. The fourth-order valence-corrected chi connectivity index (χ4v) is 3.13.